The van der Waals surface area contributed by atoms with E-state index >= 15 is 0 Å². The van der Waals surface area contributed by atoms with Gasteiger partial charge >= 0.3 is 0 Å². The number of hydrogen-bond donors (Lipinski definition) is 0. The number of nitriles is 1. The van der Waals surface area contributed by atoms with Crippen molar-refractivity contribution in [2.45, 2.75) is 13.3 Å². The Hall–Kier alpha value is -1.74. The molecule has 0 saturated carbocycles. The second kappa shape index (κ2) is 3.59. The van der Waals surface area contributed by atoms with Gasteiger partial charge in [-0.1, -0.05) is 11.8 Å². The van der Waals surface area contributed by atoms with Crippen LogP contribution in [0.2, 0.25) is 0 Å². The SMILES string of the molecule is Cc1nn(C)cc1C#CCC#N. The first-order chi connectivity index (χ1) is 5.74. The molecule has 0 aliphatic carbocycles. The van der Waals surface area contributed by atoms with Crippen molar-refractivity contribution in [3.8, 4) is 17.9 Å². The van der Waals surface area contributed by atoms with E-state index in [1.807, 2.05) is 26.2 Å². The molecule has 0 spiro atoms. The van der Waals surface area contributed by atoms with Crippen LogP contribution in [0.15, 0.2) is 6.20 Å². The monoisotopic (exact) mass is 159 g/mol. The maximum absolute atomic E-state index is 8.25. The largest absolute Gasteiger partial charge is 0.274 e. The Bertz CT molecular complexity index is 371. The van der Waals surface area contributed by atoms with Crippen LogP contribution in [0.4, 0.5) is 0 Å². The summed E-state index contributed by atoms with van der Waals surface area (Å²) in [5, 5.41) is 12.4. The van der Waals surface area contributed by atoms with E-state index in [4.69, 9.17) is 5.26 Å². The number of hydrogen-bond acceptors (Lipinski definition) is 2. The van der Waals surface area contributed by atoms with Crippen LogP contribution in [-0.4, -0.2) is 9.78 Å². The number of rotatable bonds is 0. The van der Waals surface area contributed by atoms with Gasteiger partial charge in [-0.2, -0.15) is 10.4 Å². The molecule has 0 atom stereocenters. The van der Waals surface area contributed by atoms with Crippen LogP contribution >= 0.6 is 0 Å². The molecule has 1 aromatic rings. The minimum absolute atomic E-state index is 0.272. The van der Waals surface area contributed by atoms with Gasteiger partial charge in [0.15, 0.2) is 0 Å². The minimum Gasteiger partial charge on any atom is -0.274 e. The summed E-state index contributed by atoms with van der Waals surface area (Å²) in [5.41, 5.74) is 1.80. The van der Waals surface area contributed by atoms with Crippen molar-refractivity contribution in [3.63, 3.8) is 0 Å². The quantitative estimate of drug-likeness (QED) is 0.530. The van der Waals surface area contributed by atoms with E-state index in [-0.39, 0.29) is 6.42 Å². The van der Waals surface area contributed by atoms with Gasteiger partial charge in [-0.3, -0.25) is 4.68 Å². The zero-order valence-corrected chi connectivity index (χ0v) is 7.13. The van der Waals surface area contributed by atoms with Crippen molar-refractivity contribution in [1.82, 2.24) is 9.78 Å². The zero-order chi connectivity index (χ0) is 8.97. The molecule has 0 amide bonds. The zero-order valence-electron chi connectivity index (χ0n) is 7.13. The molecule has 0 aliphatic heterocycles. The van der Waals surface area contributed by atoms with Crippen molar-refractivity contribution in [2.24, 2.45) is 7.05 Å². The minimum atomic E-state index is 0.272. The highest BCUT2D eigenvalue weighted by Gasteiger charge is 1.97. The van der Waals surface area contributed by atoms with Gasteiger partial charge in [-0.15, -0.1) is 0 Å². The predicted octanol–water partition coefficient (Wildman–Crippen LogP) is 0.994. The highest BCUT2D eigenvalue weighted by molar-refractivity contribution is 5.35. The lowest BCUT2D eigenvalue weighted by molar-refractivity contribution is 0.756. The standard InChI is InChI=1S/C9H9N3/c1-8-9(5-3-4-6-10)7-12(2)11-8/h7H,4H2,1-2H3. The molecule has 0 bridgehead atoms. The normalized spacial score (nSPS) is 8.42. The molecule has 0 radical (unpaired) electrons. The van der Waals surface area contributed by atoms with E-state index in [0.29, 0.717) is 0 Å². The fourth-order valence-corrected chi connectivity index (χ4v) is 0.901. The molecule has 1 heterocycles. The highest BCUT2D eigenvalue weighted by atomic mass is 15.2. The van der Waals surface area contributed by atoms with Crippen LogP contribution in [0.25, 0.3) is 0 Å². The first kappa shape index (κ1) is 8.36. The van der Waals surface area contributed by atoms with E-state index < -0.39 is 0 Å². The Kier molecular flexibility index (Phi) is 2.50. The fourth-order valence-electron chi connectivity index (χ4n) is 0.901. The second-order valence-electron chi connectivity index (χ2n) is 2.44. The Balaban J connectivity index is 2.85. The summed E-state index contributed by atoms with van der Waals surface area (Å²) < 4.78 is 1.71. The van der Waals surface area contributed by atoms with Gasteiger partial charge < -0.3 is 0 Å². The summed E-state index contributed by atoms with van der Waals surface area (Å²) in [6.45, 7) is 1.90. The third-order valence-corrected chi connectivity index (χ3v) is 1.40. The van der Waals surface area contributed by atoms with Crippen LogP contribution < -0.4 is 0 Å². The van der Waals surface area contributed by atoms with Gasteiger partial charge in [-0.25, -0.2) is 0 Å². The average Bonchev–Trinajstić information content (AvgIpc) is 2.31. The third kappa shape index (κ3) is 1.87. The van der Waals surface area contributed by atoms with Crippen molar-refractivity contribution >= 4 is 0 Å². The molecule has 3 heteroatoms. The second-order valence-corrected chi connectivity index (χ2v) is 2.44. The highest BCUT2D eigenvalue weighted by Crippen LogP contribution is 2.01. The van der Waals surface area contributed by atoms with Crippen LogP contribution in [0.5, 0.6) is 0 Å². The molecule has 3 nitrogen and oxygen atoms in total. The molecule has 0 N–H and O–H groups in total. The fraction of sp³-hybridized carbons (Fsp3) is 0.333. The molecule has 0 fully saturated rings. The van der Waals surface area contributed by atoms with Crippen molar-refractivity contribution < 1.29 is 0 Å². The average molecular weight is 159 g/mol. The summed E-state index contributed by atoms with van der Waals surface area (Å²) >= 11 is 0. The molecular weight excluding hydrogens is 150 g/mol. The summed E-state index contributed by atoms with van der Waals surface area (Å²) in [7, 11) is 1.85. The maximum atomic E-state index is 8.25. The van der Waals surface area contributed by atoms with Gasteiger partial charge in [0.05, 0.1) is 23.7 Å². The van der Waals surface area contributed by atoms with Gasteiger partial charge in [-0.05, 0) is 6.92 Å². The van der Waals surface area contributed by atoms with E-state index in [1.165, 1.54) is 0 Å². The van der Waals surface area contributed by atoms with Crippen molar-refractivity contribution in [3.05, 3.63) is 17.5 Å². The first-order valence-corrected chi connectivity index (χ1v) is 3.60. The smallest absolute Gasteiger partial charge is 0.0966 e. The van der Waals surface area contributed by atoms with E-state index in [9.17, 15) is 0 Å². The molecule has 0 aliphatic rings. The summed E-state index contributed by atoms with van der Waals surface area (Å²) in [6, 6.07) is 1.96. The van der Waals surface area contributed by atoms with Gasteiger partial charge in [0.25, 0.3) is 0 Å². The predicted molar refractivity (Wildman–Crippen MR) is 45.1 cm³/mol. The Labute approximate surface area is 71.6 Å². The number of aromatic nitrogens is 2. The first-order valence-electron chi connectivity index (χ1n) is 3.60. The molecule has 0 aromatic carbocycles. The number of aryl methyl sites for hydroxylation is 2. The maximum Gasteiger partial charge on any atom is 0.0966 e. The van der Waals surface area contributed by atoms with Gasteiger partial charge in [0.2, 0.25) is 0 Å². The molecule has 60 valence electrons. The summed E-state index contributed by atoms with van der Waals surface area (Å²) in [6.07, 6.45) is 2.12. The summed E-state index contributed by atoms with van der Waals surface area (Å²) in [5.74, 6) is 5.62. The molecule has 1 rings (SSSR count). The van der Waals surface area contributed by atoms with Gasteiger partial charge in [0, 0.05) is 13.2 Å². The lowest BCUT2D eigenvalue weighted by Gasteiger charge is -1.79. The lowest BCUT2D eigenvalue weighted by Crippen LogP contribution is -1.86. The van der Waals surface area contributed by atoms with Crippen molar-refractivity contribution in [1.29, 1.82) is 5.26 Å². The molecule has 0 unspecified atom stereocenters. The molecule has 0 saturated heterocycles. The van der Waals surface area contributed by atoms with Crippen LogP contribution in [0.1, 0.15) is 17.7 Å². The Morgan fingerprint density at radius 1 is 1.67 bits per heavy atom. The lowest BCUT2D eigenvalue weighted by atomic mass is 10.2. The molecular formula is C9H9N3. The topological polar surface area (TPSA) is 41.6 Å². The van der Waals surface area contributed by atoms with E-state index in [1.54, 1.807) is 4.68 Å². The third-order valence-electron chi connectivity index (χ3n) is 1.40. The Morgan fingerprint density at radius 2 is 2.42 bits per heavy atom. The van der Waals surface area contributed by atoms with E-state index in [0.717, 1.165) is 11.3 Å². The van der Waals surface area contributed by atoms with Crippen LogP contribution in [0.3, 0.4) is 0 Å². The van der Waals surface area contributed by atoms with Crippen molar-refractivity contribution in [2.75, 3.05) is 0 Å². The summed E-state index contributed by atoms with van der Waals surface area (Å²) in [4.78, 5) is 0. The van der Waals surface area contributed by atoms with E-state index in [2.05, 4.69) is 16.9 Å². The molecule has 1 aromatic heterocycles. The molecule has 12 heavy (non-hydrogen) atoms. The van der Waals surface area contributed by atoms with Crippen LogP contribution in [-0.2, 0) is 7.05 Å². The Morgan fingerprint density at radius 3 is 2.92 bits per heavy atom. The van der Waals surface area contributed by atoms with Gasteiger partial charge in [0.1, 0.15) is 0 Å². The van der Waals surface area contributed by atoms with Crippen LogP contribution in [0, 0.1) is 30.1 Å². The number of nitrogens with zero attached hydrogens (tertiary/aromatic N) is 3.